The first-order chi connectivity index (χ1) is 16.4. The molecular formula is C28H28O6. The molecule has 0 aromatic heterocycles. The maximum atomic E-state index is 13.8. The van der Waals surface area contributed by atoms with Crippen LogP contribution in [0.3, 0.4) is 0 Å². The van der Waals surface area contributed by atoms with Crippen LogP contribution in [0.1, 0.15) is 25.0 Å². The Kier molecular flexibility index (Phi) is 5.15. The van der Waals surface area contributed by atoms with E-state index in [1.807, 2.05) is 67.6 Å². The zero-order chi connectivity index (χ0) is 24.3. The first-order valence-corrected chi connectivity index (χ1v) is 11.6. The van der Waals surface area contributed by atoms with Crippen molar-refractivity contribution in [2.45, 2.75) is 13.8 Å². The molecule has 0 amide bonds. The topological polar surface area (TPSA) is 78.9 Å². The van der Waals surface area contributed by atoms with Gasteiger partial charge in [0.15, 0.2) is 0 Å². The van der Waals surface area contributed by atoms with Crippen molar-refractivity contribution < 1.29 is 28.6 Å². The van der Waals surface area contributed by atoms with Crippen molar-refractivity contribution in [3.05, 3.63) is 71.8 Å². The fourth-order valence-electron chi connectivity index (χ4n) is 7.27. The van der Waals surface area contributed by atoms with Gasteiger partial charge in [0, 0.05) is 0 Å². The Morgan fingerprint density at radius 3 is 1.71 bits per heavy atom. The minimum absolute atomic E-state index is 0.180. The predicted octanol–water partition coefficient (Wildman–Crippen LogP) is 4.00. The second-order valence-corrected chi connectivity index (χ2v) is 9.27. The molecule has 6 rings (SSSR count). The van der Waals surface area contributed by atoms with Crippen molar-refractivity contribution in [1.29, 1.82) is 0 Å². The van der Waals surface area contributed by atoms with E-state index in [9.17, 15) is 14.4 Å². The van der Waals surface area contributed by atoms with E-state index in [0.29, 0.717) is 5.57 Å². The Morgan fingerprint density at radius 1 is 0.765 bits per heavy atom. The molecule has 6 nitrogen and oxygen atoms in total. The minimum atomic E-state index is -1.28. The van der Waals surface area contributed by atoms with Crippen LogP contribution in [-0.2, 0) is 28.6 Å². The number of carbonyl (C=O) groups excluding carboxylic acids is 3. The molecule has 6 atom stereocenters. The summed E-state index contributed by atoms with van der Waals surface area (Å²) in [5.74, 6) is -3.15. The normalized spacial score (nSPS) is 32.7. The highest BCUT2D eigenvalue weighted by Crippen LogP contribution is 2.87. The van der Waals surface area contributed by atoms with Gasteiger partial charge in [0.25, 0.3) is 0 Å². The van der Waals surface area contributed by atoms with Gasteiger partial charge in [-0.15, -0.1) is 0 Å². The van der Waals surface area contributed by atoms with Gasteiger partial charge in [0.05, 0.1) is 26.7 Å². The van der Waals surface area contributed by atoms with E-state index < -0.39 is 34.6 Å². The van der Waals surface area contributed by atoms with Crippen LogP contribution in [-0.4, -0.2) is 38.7 Å². The molecule has 4 aliphatic rings. The molecule has 2 fully saturated rings. The van der Waals surface area contributed by atoms with Crippen LogP contribution in [0.4, 0.5) is 0 Å². The quantitative estimate of drug-likeness (QED) is 0.479. The number of ether oxygens (including phenoxy) is 3. The number of rotatable bonds is 6. The average molecular weight is 461 g/mol. The summed E-state index contributed by atoms with van der Waals surface area (Å²) in [5, 5.41) is 0. The molecule has 0 N–H and O–H groups in total. The first-order valence-electron chi connectivity index (χ1n) is 11.6. The Morgan fingerprint density at radius 2 is 1.24 bits per heavy atom. The van der Waals surface area contributed by atoms with Crippen molar-refractivity contribution in [3.8, 4) is 0 Å². The van der Waals surface area contributed by atoms with Crippen molar-refractivity contribution in [2.24, 2.45) is 34.5 Å². The molecule has 4 aliphatic carbocycles. The van der Waals surface area contributed by atoms with E-state index in [0.717, 1.165) is 16.7 Å². The molecule has 2 aromatic carbocycles. The highest BCUT2D eigenvalue weighted by atomic mass is 16.5. The fraction of sp³-hybridized carbons (Fsp3) is 0.393. The molecular weight excluding hydrogens is 432 g/mol. The van der Waals surface area contributed by atoms with Crippen LogP contribution in [0, 0.1) is 34.5 Å². The van der Waals surface area contributed by atoms with E-state index in [-0.39, 0.29) is 24.4 Å². The lowest BCUT2D eigenvalue weighted by Crippen LogP contribution is -2.54. The minimum Gasteiger partial charge on any atom is -0.468 e. The summed E-state index contributed by atoms with van der Waals surface area (Å²) >= 11 is 0. The lowest BCUT2D eigenvalue weighted by molar-refractivity contribution is -0.168. The molecule has 0 aliphatic heterocycles. The van der Waals surface area contributed by atoms with E-state index in [1.165, 1.54) is 14.2 Å². The number of hydrogen-bond acceptors (Lipinski definition) is 6. The third-order valence-electron chi connectivity index (χ3n) is 8.23. The van der Waals surface area contributed by atoms with Gasteiger partial charge in [0.2, 0.25) is 0 Å². The first kappa shape index (κ1) is 22.4. The van der Waals surface area contributed by atoms with Crippen LogP contribution in [0.2, 0.25) is 0 Å². The third-order valence-corrected chi connectivity index (χ3v) is 8.23. The molecule has 6 heteroatoms. The van der Waals surface area contributed by atoms with E-state index >= 15 is 0 Å². The Balaban J connectivity index is 1.95. The number of benzene rings is 2. The van der Waals surface area contributed by atoms with Crippen molar-refractivity contribution in [1.82, 2.24) is 0 Å². The fourth-order valence-corrected chi connectivity index (χ4v) is 7.27. The summed E-state index contributed by atoms with van der Waals surface area (Å²) in [6.45, 7) is 3.87. The van der Waals surface area contributed by atoms with Gasteiger partial charge >= 0.3 is 17.9 Å². The molecule has 4 bridgehead atoms. The van der Waals surface area contributed by atoms with E-state index in [2.05, 4.69) is 0 Å². The van der Waals surface area contributed by atoms with Crippen molar-refractivity contribution >= 4 is 29.1 Å². The van der Waals surface area contributed by atoms with Gasteiger partial charge in [0.1, 0.15) is 10.8 Å². The largest absolute Gasteiger partial charge is 0.468 e. The molecule has 2 aromatic rings. The van der Waals surface area contributed by atoms with Gasteiger partial charge in [-0.05, 0) is 47.0 Å². The molecule has 34 heavy (non-hydrogen) atoms. The molecule has 0 radical (unpaired) electrons. The van der Waals surface area contributed by atoms with E-state index in [4.69, 9.17) is 14.2 Å². The predicted molar refractivity (Wildman–Crippen MR) is 125 cm³/mol. The van der Waals surface area contributed by atoms with Gasteiger partial charge in [-0.3, -0.25) is 14.4 Å². The van der Waals surface area contributed by atoms with Gasteiger partial charge < -0.3 is 14.2 Å². The van der Waals surface area contributed by atoms with Crippen LogP contribution in [0.25, 0.3) is 11.1 Å². The smallest absolute Gasteiger partial charge is 0.317 e. The van der Waals surface area contributed by atoms with Gasteiger partial charge in [-0.2, -0.15) is 0 Å². The number of hydrogen-bond donors (Lipinski definition) is 0. The summed E-state index contributed by atoms with van der Waals surface area (Å²) in [7, 11) is 2.73. The SMILES string of the molecule is CCOC(=O)C1C2C3C(C)C1(C(=O)OC)C(c1ccccc1)=C(c1ccccc1)C32C(=O)OC. The molecule has 0 spiro atoms. The molecule has 0 heterocycles. The Bertz CT molecular complexity index is 1190. The van der Waals surface area contributed by atoms with Crippen LogP contribution < -0.4 is 0 Å². The molecule has 0 saturated heterocycles. The zero-order valence-electron chi connectivity index (χ0n) is 19.7. The van der Waals surface area contributed by atoms with Crippen LogP contribution in [0.5, 0.6) is 0 Å². The molecule has 6 unspecified atom stereocenters. The van der Waals surface area contributed by atoms with Gasteiger partial charge in [-0.25, -0.2) is 0 Å². The highest BCUT2D eigenvalue weighted by molar-refractivity contribution is 6.17. The Labute approximate surface area is 198 Å². The summed E-state index contributed by atoms with van der Waals surface area (Å²) in [6.07, 6.45) is 0. The average Bonchev–Trinajstić information content (AvgIpc) is 3.50. The second kappa shape index (κ2) is 7.83. The Hall–Kier alpha value is -3.41. The number of esters is 3. The zero-order valence-corrected chi connectivity index (χ0v) is 19.7. The maximum Gasteiger partial charge on any atom is 0.317 e. The number of methoxy groups -OCH3 is 2. The lowest BCUT2D eigenvalue weighted by atomic mass is 9.52. The summed E-state index contributed by atoms with van der Waals surface area (Å²) in [4.78, 5) is 40.9. The summed E-state index contributed by atoms with van der Waals surface area (Å²) in [6, 6.07) is 19.1. The molecule has 176 valence electrons. The second-order valence-electron chi connectivity index (χ2n) is 9.27. The summed E-state index contributed by atoms with van der Waals surface area (Å²) in [5.41, 5.74) is 0.714. The summed E-state index contributed by atoms with van der Waals surface area (Å²) < 4.78 is 16.3. The lowest BCUT2D eigenvalue weighted by Gasteiger charge is -2.49. The third kappa shape index (κ3) is 2.48. The maximum absolute atomic E-state index is 13.8. The number of carbonyl (C=O) groups is 3. The van der Waals surface area contributed by atoms with Crippen LogP contribution in [0.15, 0.2) is 60.7 Å². The molecule has 2 saturated carbocycles. The highest BCUT2D eigenvalue weighted by Gasteiger charge is 2.91. The van der Waals surface area contributed by atoms with Crippen LogP contribution >= 0.6 is 0 Å². The van der Waals surface area contributed by atoms with E-state index in [1.54, 1.807) is 6.92 Å². The van der Waals surface area contributed by atoms with Crippen molar-refractivity contribution in [2.75, 3.05) is 20.8 Å². The van der Waals surface area contributed by atoms with Gasteiger partial charge in [-0.1, -0.05) is 67.6 Å². The van der Waals surface area contributed by atoms with Crippen molar-refractivity contribution in [3.63, 3.8) is 0 Å². The monoisotopic (exact) mass is 460 g/mol. The standard InChI is InChI=1S/C28H28O6/c1-5-34-24(29)23-22-19-16(2)27(23,25(30)32-3)20(17-12-8-6-9-13-17)21(18-14-10-7-11-15-18)28(19,22)26(31)33-4/h6-16,19,22-23H,5H2,1-4H3.